The number of aliphatic imine (C=N–C) groups is 1. The highest BCUT2D eigenvalue weighted by Gasteiger charge is 2.11. The van der Waals surface area contributed by atoms with Crippen molar-refractivity contribution in [1.29, 1.82) is 0 Å². The van der Waals surface area contributed by atoms with Gasteiger partial charge in [0.15, 0.2) is 5.96 Å². The van der Waals surface area contributed by atoms with Gasteiger partial charge in [-0.3, -0.25) is 9.79 Å². The van der Waals surface area contributed by atoms with Gasteiger partial charge in [-0.15, -0.1) is 0 Å². The Morgan fingerprint density at radius 2 is 1.83 bits per heavy atom. The molecule has 2 aromatic carbocycles. The normalized spacial score (nSPS) is 12.7. The van der Waals surface area contributed by atoms with Crippen molar-refractivity contribution in [2.45, 2.75) is 12.8 Å². The molecule has 0 spiro atoms. The van der Waals surface area contributed by atoms with Crippen LogP contribution in [0.1, 0.15) is 21.5 Å². The Morgan fingerprint density at radius 1 is 1.07 bits per heavy atom. The molecule has 1 aliphatic heterocycles. The van der Waals surface area contributed by atoms with Gasteiger partial charge in [-0.05, 0) is 47.9 Å². The van der Waals surface area contributed by atoms with Crippen LogP contribution in [0.25, 0.3) is 0 Å². The molecule has 2 aromatic rings. The summed E-state index contributed by atoms with van der Waals surface area (Å²) in [4.78, 5) is 16.4. The average molecular weight is 396 g/mol. The number of methoxy groups -OCH3 is 1. The molecular formula is C22H28N4O3. The second-order valence-corrected chi connectivity index (χ2v) is 6.70. The summed E-state index contributed by atoms with van der Waals surface area (Å²) in [7, 11) is 3.33. The van der Waals surface area contributed by atoms with Crippen molar-refractivity contribution < 1.29 is 14.3 Å². The van der Waals surface area contributed by atoms with Gasteiger partial charge in [0, 0.05) is 38.7 Å². The SMILES string of the molecule is CN=C(NCCNC(=O)c1ccc(OC)cc1)NCCc1ccc2c(c1)CCO2. The Hall–Kier alpha value is -3.22. The lowest BCUT2D eigenvalue weighted by atomic mass is 10.1. The van der Waals surface area contributed by atoms with Crippen LogP contribution in [0.15, 0.2) is 47.5 Å². The first-order chi connectivity index (χ1) is 14.2. The summed E-state index contributed by atoms with van der Waals surface area (Å²) in [6, 6.07) is 13.4. The van der Waals surface area contributed by atoms with Crippen LogP contribution in [0.2, 0.25) is 0 Å². The molecule has 29 heavy (non-hydrogen) atoms. The molecule has 7 nitrogen and oxygen atoms in total. The van der Waals surface area contributed by atoms with E-state index in [1.807, 2.05) is 0 Å². The van der Waals surface area contributed by atoms with Gasteiger partial charge in [0.2, 0.25) is 0 Å². The highest BCUT2D eigenvalue weighted by atomic mass is 16.5. The Morgan fingerprint density at radius 3 is 2.59 bits per heavy atom. The van der Waals surface area contributed by atoms with E-state index in [-0.39, 0.29) is 5.91 Å². The van der Waals surface area contributed by atoms with E-state index >= 15 is 0 Å². The molecule has 0 saturated heterocycles. The van der Waals surface area contributed by atoms with Gasteiger partial charge in [0.1, 0.15) is 11.5 Å². The number of nitrogens with one attached hydrogen (secondary N) is 3. The van der Waals surface area contributed by atoms with Crippen LogP contribution in [0.3, 0.4) is 0 Å². The van der Waals surface area contributed by atoms with Crippen molar-refractivity contribution in [2.24, 2.45) is 4.99 Å². The molecule has 0 aromatic heterocycles. The van der Waals surface area contributed by atoms with Crippen molar-refractivity contribution in [1.82, 2.24) is 16.0 Å². The minimum atomic E-state index is -0.113. The maximum Gasteiger partial charge on any atom is 0.251 e. The lowest BCUT2D eigenvalue weighted by Crippen LogP contribution is -2.42. The molecule has 1 heterocycles. The predicted octanol–water partition coefficient (Wildman–Crippen LogP) is 1.77. The van der Waals surface area contributed by atoms with E-state index in [4.69, 9.17) is 9.47 Å². The van der Waals surface area contributed by atoms with Crippen molar-refractivity contribution in [3.05, 3.63) is 59.2 Å². The third-order valence-corrected chi connectivity index (χ3v) is 4.74. The summed E-state index contributed by atoms with van der Waals surface area (Å²) in [5.41, 5.74) is 3.18. The van der Waals surface area contributed by atoms with Crippen LogP contribution in [-0.2, 0) is 12.8 Å². The summed E-state index contributed by atoms with van der Waals surface area (Å²) in [5.74, 6) is 2.34. The van der Waals surface area contributed by atoms with Crippen molar-refractivity contribution in [2.75, 3.05) is 40.4 Å². The van der Waals surface area contributed by atoms with E-state index in [1.54, 1.807) is 38.4 Å². The second-order valence-electron chi connectivity index (χ2n) is 6.70. The number of ether oxygens (including phenoxy) is 2. The number of benzene rings is 2. The molecule has 3 rings (SSSR count). The maximum atomic E-state index is 12.1. The molecular weight excluding hydrogens is 368 g/mol. The van der Waals surface area contributed by atoms with Crippen LogP contribution in [0.5, 0.6) is 11.5 Å². The number of hydrogen-bond acceptors (Lipinski definition) is 4. The van der Waals surface area contributed by atoms with Gasteiger partial charge < -0.3 is 25.4 Å². The number of guanidine groups is 1. The van der Waals surface area contributed by atoms with Crippen LogP contribution in [-0.4, -0.2) is 52.3 Å². The van der Waals surface area contributed by atoms with Crippen LogP contribution >= 0.6 is 0 Å². The Balaban J connectivity index is 1.34. The quantitative estimate of drug-likeness (QED) is 0.360. The Labute approximate surface area is 171 Å². The number of nitrogens with zero attached hydrogens (tertiary/aromatic N) is 1. The van der Waals surface area contributed by atoms with E-state index < -0.39 is 0 Å². The number of amides is 1. The summed E-state index contributed by atoms with van der Waals surface area (Å²) in [6.07, 6.45) is 1.89. The van der Waals surface area contributed by atoms with Gasteiger partial charge >= 0.3 is 0 Å². The monoisotopic (exact) mass is 396 g/mol. The summed E-state index contributed by atoms with van der Waals surface area (Å²) >= 11 is 0. The molecule has 0 saturated carbocycles. The zero-order valence-corrected chi connectivity index (χ0v) is 17.0. The predicted molar refractivity (Wildman–Crippen MR) is 114 cm³/mol. The molecule has 0 fully saturated rings. The fourth-order valence-corrected chi connectivity index (χ4v) is 3.14. The number of fused-ring (bicyclic) bond motifs is 1. The summed E-state index contributed by atoms with van der Waals surface area (Å²) in [6.45, 7) is 2.63. The number of hydrogen-bond donors (Lipinski definition) is 3. The van der Waals surface area contributed by atoms with E-state index in [2.05, 4.69) is 39.1 Å². The van der Waals surface area contributed by atoms with Crippen LogP contribution < -0.4 is 25.4 Å². The van der Waals surface area contributed by atoms with Gasteiger partial charge in [0.05, 0.1) is 13.7 Å². The minimum Gasteiger partial charge on any atom is -0.497 e. The first-order valence-corrected chi connectivity index (χ1v) is 9.81. The van der Waals surface area contributed by atoms with Gasteiger partial charge in [-0.2, -0.15) is 0 Å². The number of carbonyl (C=O) groups is 1. The van der Waals surface area contributed by atoms with Crippen LogP contribution in [0.4, 0.5) is 0 Å². The van der Waals surface area contributed by atoms with E-state index in [9.17, 15) is 4.79 Å². The molecule has 0 aliphatic carbocycles. The Bertz CT molecular complexity index is 850. The van der Waals surface area contributed by atoms with Gasteiger partial charge in [-0.25, -0.2) is 0 Å². The highest BCUT2D eigenvalue weighted by molar-refractivity contribution is 5.94. The molecule has 0 bridgehead atoms. The molecule has 1 aliphatic rings. The van der Waals surface area contributed by atoms with Crippen molar-refractivity contribution >= 4 is 11.9 Å². The van der Waals surface area contributed by atoms with E-state index in [1.165, 1.54) is 11.1 Å². The lowest BCUT2D eigenvalue weighted by molar-refractivity contribution is 0.0954. The van der Waals surface area contributed by atoms with Crippen molar-refractivity contribution in [3.63, 3.8) is 0 Å². The minimum absolute atomic E-state index is 0.113. The zero-order valence-electron chi connectivity index (χ0n) is 17.0. The molecule has 0 atom stereocenters. The van der Waals surface area contributed by atoms with Gasteiger partial charge in [0.25, 0.3) is 5.91 Å². The standard InChI is InChI=1S/C22H28N4O3/c1-23-22(25-11-9-16-3-8-20-18(15-16)10-14-29-20)26-13-12-24-21(27)17-4-6-19(28-2)7-5-17/h3-8,15H,9-14H2,1-2H3,(H,24,27)(H2,23,25,26). The number of carbonyl (C=O) groups excluding carboxylic acids is 1. The smallest absolute Gasteiger partial charge is 0.251 e. The largest absolute Gasteiger partial charge is 0.497 e. The average Bonchev–Trinajstić information content (AvgIpc) is 3.23. The van der Waals surface area contributed by atoms with Crippen molar-refractivity contribution in [3.8, 4) is 11.5 Å². The summed E-state index contributed by atoms with van der Waals surface area (Å²) < 4.78 is 10.6. The lowest BCUT2D eigenvalue weighted by Gasteiger charge is -2.13. The zero-order chi connectivity index (χ0) is 20.5. The van der Waals surface area contributed by atoms with E-state index in [0.717, 1.165) is 37.5 Å². The molecule has 3 N–H and O–H groups in total. The molecule has 0 unspecified atom stereocenters. The van der Waals surface area contributed by atoms with Crippen LogP contribution in [0, 0.1) is 0 Å². The Kier molecular flexibility index (Phi) is 7.33. The van der Waals surface area contributed by atoms with Gasteiger partial charge in [-0.1, -0.05) is 12.1 Å². The molecule has 7 heteroatoms. The third kappa shape index (κ3) is 5.88. The fourth-order valence-electron chi connectivity index (χ4n) is 3.14. The first kappa shape index (κ1) is 20.5. The molecule has 0 radical (unpaired) electrons. The molecule has 154 valence electrons. The fraction of sp³-hybridized carbons (Fsp3) is 0.364. The highest BCUT2D eigenvalue weighted by Crippen LogP contribution is 2.25. The first-order valence-electron chi connectivity index (χ1n) is 9.81. The molecule has 1 amide bonds. The second kappa shape index (κ2) is 10.4. The summed E-state index contributed by atoms with van der Waals surface area (Å²) in [5, 5.41) is 9.39. The third-order valence-electron chi connectivity index (χ3n) is 4.74. The topological polar surface area (TPSA) is 84.0 Å². The number of rotatable bonds is 8. The maximum absolute atomic E-state index is 12.1. The van der Waals surface area contributed by atoms with E-state index in [0.29, 0.717) is 24.6 Å².